The standard InChI is InChI=1S/C27H30ClN3O4S/c1-20-29-23(17-36-20)14-25(32)31-12-13-35-27(18-31,19-34-24-10-8-22(28)9-11-24)15-26(33)30(2)16-21-6-4-3-5-7-21/h3-11,17H,12-16,18-19H2,1-2H3. The summed E-state index contributed by atoms with van der Waals surface area (Å²) in [6, 6.07) is 16.9. The van der Waals surface area contributed by atoms with Crippen LogP contribution in [0.15, 0.2) is 60.0 Å². The van der Waals surface area contributed by atoms with Gasteiger partial charge in [-0.25, -0.2) is 4.98 Å². The molecule has 2 heterocycles. The first-order chi connectivity index (χ1) is 17.3. The fraction of sp³-hybridized carbons (Fsp3) is 0.370. The number of amides is 2. The Labute approximate surface area is 220 Å². The van der Waals surface area contributed by atoms with Crippen LogP contribution in [0.2, 0.25) is 5.02 Å². The lowest BCUT2D eigenvalue weighted by Gasteiger charge is -2.42. The molecule has 0 saturated carbocycles. The minimum atomic E-state index is -0.979. The average molecular weight is 528 g/mol. The minimum Gasteiger partial charge on any atom is -0.490 e. The number of hydrogen-bond acceptors (Lipinski definition) is 6. The molecule has 1 aromatic heterocycles. The molecule has 0 N–H and O–H groups in total. The highest BCUT2D eigenvalue weighted by atomic mass is 35.5. The first-order valence-corrected chi connectivity index (χ1v) is 13.1. The molecule has 7 nitrogen and oxygen atoms in total. The fourth-order valence-electron chi connectivity index (χ4n) is 4.16. The molecule has 2 aromatic carbocycles. The Kier molecular flexibility index (Phi) is 8.61. The van der Waals surface area contributed by atoms with Gasteiger partial charge >= 0.3 is 0 Å². The number of aromatic nitrogens is 1. The van der Waals surface area contributed by atoms with Crippen molar-refractivity contribution in [1.82, 2.24) is 14.8 Å². The predicted octanol–water partition coefficient (Wildman–Crippen LogP) is 4.37. The molecule has 1 unspecified atom stereocenters. The Morgan fingerprint density at radius 1 is 1.19 bits per heavy atom. The Hall–Kier alpha value is -2.94. The van der Waals surface area contributed by atoms with Gasteiger partial charge in [-0.2, -0.15) is 0 Å². The molecule has 1 saturated heterocycles. The monoisotopic (exact) mass is 527 g/mol. The van der Waals surface area contributed by atoms with Crippen molar-refractivity contribution >= 4 is 34.8 Å². The highest BCUT2D eigenvalue weighted by Crippen LogP contribution is 2.27. The van der Waals surface area contributed by atoms with Crippen LogP contribution in [0.3, 0.4) is 0 Å². The lowest BCUT2D eigenvalue weighted by atomic mass is 9.96. The van der Waals surface area contributed by atoms with Crippen LogP contribution in [0, 0.1) is 6.92 Å². The molecule has 0 spiro atoms. The largest absolute Gasteiger partial charge is 0.490 e. The summed E-state index contributed by atoms with van der Waals surface area (Å²) in [6.45, 7) is 3.57. The van der Waals surface area contributed by atoms with E-state index in [1.807, 2.05) is 42.6 Å². The van der Waals surface area contributed by atoms with Crippen molar-refractivity contribution in [3.05, 3.63) is 81.3 Å². The minimum absolute atomic E-state index is 0.0374. The molecular weight excluding hydrogens is 498 g/mol. The quantitative estimate of drug-likeness (QED) is 0.413. The summed E-state index contributed by atoms with van der Waals surface area (Å²) >= 11 is 7.53. The van der Waals surface area contributed by atoms with E-state index in [1.54, 1.807) is 41.1 Å². The Morgan fingerprint density at radius 2 is 1.94 bits per heavy atom. The SMILES string of the molecule is Cc1nc(CC(=O)N2CCOC(COc3ccc(Cl)cc3)(CC(=O)N(C)Cc3ccccc3)C2)cs1. The molecule has 9 heteroatoms. The Balaban J connectivity index is 1.48. The second-order valence-electron chi connectivity index (χ2n) is 9.04. The van der Waals surface area contributed by atoms with Crippen LogP contribution in [0.1, 0.15) is 22.7 Å². The predicted molar refractivity (Wildman–Crippen MR) is 140 cm³/mol. The van der Waals surface area contributed by atoms with Crippen LogP contribution in [0.25, 0.3) is 0 Å². The Morgan fingerprint density at radius 3 is 2.64 bits per heavy atom. The fourth-order valence-corrected chi connectivity index (χ4v) is 4.90. The maximum atomic E-state index is 13.3. The van der Waals surface area contributed by atoms with Gasteiger partial charge in [-0.05, 0) is 36.8 Å². The number of carbonyl (C=O) groups excluding carboxylic acids is 2. The number of morpholine rings is 1. The van der Waals surface area contributed by atoms with Crippen molar-refractivity contribution in [3.63, 3.8) is 0 Å². The zero-order valence-corrected chi connectivity index (χ0v) is 22.1. The summed E-state index contributed by atoms with van der Waals surface area (Å²) in [6.07, 6.45) is 0.309. The second-order valence-corrected chi connectivity index (χ2v) is 10.5. The van der Waals surface area contributed by atoms with Crippen LogP contribution in [0.4, 0.5) is 0 Å². The van der Waals surface area contributed by atoms with Crippen LogP contribution >= 0.6 is 22.9 Å². The summed E-state index contributed by atoms with van der Waals surface area (Å²) in [5.74, 6) is 0.501. The van der Waals surface area contributed by atoms with Crippen molar-refractivity contribution < 1.29 is 19.1 Å². The van der Waals surface area contributed by atoms with Gasteiger partial charge < -0.3 is 19.3 Å². The summed E-state index contributed by atoms with van der Waals surface area (Å²) in [5.41, 5.74) is 0.823. The van der Waals surface area contributed by atoms with Crippen molar-refractivity contribution in [3.8, 4) is 5.75 Å². The molecule has 1 aliphatic rings. The van der Waals surface area contributed by atoms with Crippen molar-refractivity contribution in [2.24, 2.45) is 0 Å². The first-order valence-electron chi connectivity index (χ1n) is 11.8. The second kappa shape index (κ2) is 11.9. The molecule has 1 atom stereocenters. The van der Waals surface area contributed by atoms with Crippen LogP contribution in [0.5, 0.6) is 5.75 Å². The van der Waals surface area contributed by atoms with E-state index in [0.717, 1.165) is 16.3 Å². The number of carbonyl (C=O) groups is 2. The summed E-state index contributed by atoms with van der Waals surface area (Å²) in [4.78, 5) is 34.3. The molecule has 2 amide bonds. The molecule has 1 fully saturated rings. The number of nitrogens with zero attached hydrogens (tertiary/aromatic N) is 3. The molecule has 3 aromatic rings. The van der Waals surface area contributed by atoms with Gasteiger partial charge in [0.05, 0.1) is 36.7 Å². The van der Waals surface area contributed by atoms with Gasteiger partial charge in [0.1, 0.15) is 18.0 Å². The van der Waals surface area contributed by atoms with E-state index in [4.69, 9.17) is 21.1 Å². The van der Waals surface area contributed by atoms with Crippen molar-refractivity contribution in [1.29, 1.82) is 0 Å². The molecule has 0 radical (unpaired) electrons. The van der Waals surface area contributed by atoms with E-state index in [1.165, 1.54) is 11.3 Å². The third kappa shape index (κ3) is 7.06. The van der Waals surface area contributed by atoms with E-state index in [-0.39, 0.29) is 37.8 Å². The number of aryl methyl sites for hydroxylation is 1. The molecular formula is C27H30ClN3O4S. The molecule has 190 valence electrons. The topological polar surface area (TPSA) is 72.0 Å². The third-order valence-electron chi connectivity index (χ3n) is 6.08. The zero-order valence-electron chi connectivity index (χ0n) is 20.5. The number of benzene rings is 2. The number of rotatable bonds is 9. The Bertz CT molecular complexity index is 1170. The van der Waals surface area contributed by atoms with E-state index in [0.29, 0.717) is 30.5 Å². The lowest BCUT2D eigenvalue weighted by molar-refractivity contribution is -0.165. The van der Waals surface area contributed by atoms with Gasteiger partial charge in [0.2, 0.25) is 11.8 Å². The van der Waals surface area contributed by atoms with Crippen molar-refractivity contribution in [2.75, 3.05) is 33.4 Å². The molecule has 36 heavy (non-hydrogen) atoms. The summed E-state index contributed by atoms with van der Waals surface area (Å²) < 4.78 is 12.3. The lowest BCUT2D eigenvalue weighted by Crippen LogP contribution is -2.58. The summed E-state index contributed by atoms with van der Waals surface area (Å²) in [5, 5.41) is 3.45. The van der Waals surface area contributed by atoms with E-state index < -0.39 is 5.60 Å². The van der Waals surface area contributed by atoms with Gasteiger partial charge in [-0.3, -0.25) is 9.59 Å². The van der Waals surface area contributed by atoms with Gasteiger partial charge in [-0.1, -0.05) is 41.9 Å². The normalized spacial score (nSPS) is 17.6. The number of halogens is 1. The smallest absolute Gasteiger partial charge is 0.228 e. The number of thiazole rings is 1. The van der Waals surface area contributed by atoms with Gasteiger partial charge in [0.25, 0.3) is 0 Å². The highest BCUT2D eigenvalue weighted by molar-refractivity contribution is 7.09. The molecule has 0 aliphatic carbocycles. The van der Waals surface area contributed by atoms with E-state index >= 15 is 0 Å². The first kappa shape index (κ1) is 26.1. The maximum Gasteiger partial charge on any atom is 0.228 e. The molecule has 0 bridgehead atoms. The summed E-state index contributed by atoms with van der Waals surface area (Å²) in [7, 11) is 1.78. The van der Waals surface area contributed by atoms with Gasteiger partial charge in [0, 0.05) is 30.5 Å². The van der Waals surface area contributed by atoms with Crippen LogP contribution in [-0.4, -0.2) is 65.6 Å². The third-order valence-corrected chi connectivity index (χ3v) is 7.15. The van der Waals surface area contributed by atoms with Gasteiger partial charge in [-0.15, -0.1) is 11.3 Å². The van der Waals surface area contributed by atoms with Crippen molar-refractivity contribution in [2.45, 2.75) is 31.9 Å². The van der Waals surface area contributed by atoms with E-state index in [9.17, 15) is 9.59 Å². The van der Waals surface area contributed by atoms with Gasteiger partial charge in [0.15, 0.2) is 0 Å². The van der Waals surface area contributed by atoms with Crippen LogP contribution in [-0.2, 0) is 27.3 Å². The zero-order chi connectivity index (χ0) is 25.5. The average Bonchev–Trinajstić information content (AvgIpc) is 3.28. The van der Waals surface area contributed by atoms with E-state index in [2.05, 4.69) is 4.98 Å². The van der Waals surface area contributed by atoms with Crippen LogP contribution < -0.4 is 4.74 Å². The maximum absolute atomic E-state index is 13.3. The number of ether oxygens (including phenoxy) is 2. The number of hydrogen-bond donors (Lipinski definition) is 0. The molecule has 4 rings (SSSR count). The highest BCUT2D eigenvalue weighted by Gasteiger charge is 2.42. The molecule has 1 aliphatic heterocycles.